The van der Waals surface area contributed by atoms with Gasteiger partial charge in [0.15, 0.2) is 0 Å². The third kappa shape index (κ3) is 23.4. The second-order valence-corrected chi connectivity index (χ2v) is 10.6. The van der Waals surface area contributed by atoms with Gasteiger partial charge in [-0.05, 0) is 44.9 Å². The van der Waals surface area contributed by atoms with Crippen LogP contribution in [0.15, 0.2) is 12.2 Å². The summed E-state index contributed by atoms with van der Waals surface area (Å²) >= 11 is 0. The molecular weight excluding hydrogens is 368 g/mol. The van der Waals surface area contributed by atoms with Crippen LogP contribution in [0.4, 0.5) is 0 Å². The average Bonchev–Trinajstić information content (AvgIpc) is 2.63. The monoisotopic (exact) mass is 414 g/mol. The summed E-state index contributed by atoms with van der Waals surface area (Å²) in [5, 5.41) is 0. The Balaban J connectivity index is 3.23. The molecule has 0 aliphatic carbocycles. The second-order valence-electron chi connectivity index (χ2n) is 8.31. The van der Waals surface area contributed by atoms with Crippen LogP contribution in [0.3, 0.4) is 0 Å². The van der Waals surface area contributed by atoms with Gasteiger partial charge in [-0.3, -0.25) is 4.79 Å². The first-order valence-corrected chi connectivity index (χ1v) is 13.9. The lowest BCUT2D eigenvalue weighted by molar-refractivity contribution is -0.119. The van der Waals surface area contributed by atoms with Crippen molar-refractivity contribution in [1.82, 2.24) is 0 Å². The molecule has 4 heteroatoms. The third-order valence-corrected chi connectivity index (χ3v) is 6.22. The zero-order valence-corrected chi connectivity index (χ0v) is 19.5. The van der Waals surface area contributed by atoms with E-state index in [0.717, 1.165) is 44.9 Å². The van der Waals surface area contributed by atoms with E-state index in [2.05, 4.69) is 19.1 Å². The van der Waals surface area contributed by atoms with Crippen molar-refractivity contribution in [2.75, 3.05) is 12.0 Å². The van der Waals surface area contributed by atoms with Gasteiger partial charge in [0, 0.05) is 24.9 Å². The Kier molecular flexibility index (Phi) is 19.2. The fraction of sp³-hybridized carbons (Fsp3) is 0.875. The molecule has 0 unspecified atom stereocenters. The van der Waals surface area contributed by atoms with Gasteiger partial charge >= 0.3 is 0 Å². The van der Waals surface area contributed by atoms with Crippen LogP contribution in [0.1, 0.15) is 122 Å². The van der Waals surface area contributed by atoms with Crippen molar-refractivity contribution in [3.63, 3.8) is 0 Å². The number of hydrogen-bond donors (Lipinski definition) is 0. The van der Waals surface area contributed by atoms with E-state index in [1.165, 1.54) is 76.9 Å². The molecule has 0 aromatic heterocycles. The molecule has 0 N–H and O–H groups in total. The summed E-state index contributed by atoms with van der Waals surface area (Å²) in [6.45, 7) is 2.18. The molecule has 0 saturated heterocycles. The Morgan fingerprint density at radius 1 is 0.643 bits per heavy atom. The van der Waals surface area contributed by atoms with Gasteiger partial charge in [0.2, 0.25) is 0 Å². The average molecular weight is 415 g/mol. The van der Waals surface area contributed by atoms with Crippen LogP contribution in [0.25, 0.3) is 0 Å². The molecule has 28 heavy (non-hydrogen) atoms. The largest absolute Gasteiger partial charge is 0.300 e. The summed E-state index contributed by atoms with van der Waals surface area (Å²) < 4.78 is 22.0. The van der Waals surface area contributed by atoms with Crippen molar-refractivity contribution < 1.29 is 13.2 Å². The Hall–Kier alpha value is -0.640. The summed E-state index contributed by atoms with van der Waals surface area (Å²) in [7, 11) is -2.77. The maximum atomic E-state index is 11.7. The molecule has 0 fully saturated rings. The van der Waals surface area contributed by atoms with Crippen molar-refractivity contribution in [2.45, 2.75) is 122 Å². The standard InChI is InChI=1S/C24H46O3S/c1-3-4-18-21-24(25)22-19-16-14-12-10-8-6-5-7-9-11-13-15-17-20-23-28(2,26)27/h5-6H,3-4,7-23H2,1-2H3. The minimum absolute atomic E-state index is 0.340. The van der Waals surface area contributed by atoms with E-state index >= 15 is 0 Å². The molecule has 0 aromatic rings. The van der Waals surface area contributed by atoms with Crippen LogP contribution < -0.4 is 0 Å². The maximum absolute atomic E-state index is 11.7. The highest BCUT2D eigenvalue weighted by Crippen LogP contribution is 2.11. The van der Waals surface area contributed by atoms with Gasteiger partial charge in [-0.2, -0.15) is 0 Å². The lowest BCUT2D eigenvalue weighted by Crippen LogP contribution is -2.02. The fourth-order valence-corrected chi connectivity index (χ4v) is 4.11. The lowest BCUT2D eigenvalue weighted by atomic mass is 10.0. The van der Waals surface area contributed by atoms with Crippen molar-refractivity contribution in [2.24, 2.45) is 0 Å². The Bertz CT molecular complexity index is 480. The number of ketones is 1. The molecule has 0 bridgehead atoms. The minimum Gasteiger partial charge on any atom is -0.300 e. The van der Waals surface area contributed by atoms with E-state index in [0.29, 0.717) is 11.5 Å². The maximum Gasteiger partial charge on any atom is 0.147 e. The third-order valence-electron chi connectivity index (χ3n) is 5.19. The van der Waals surface area contributed by atoms with E-state index < -0.39 is 9.84 Å². The molecule has 0 saturated carbocycles. The molecule has 0 aliphatic rings. The van der Waals surface area contributed by atoms with Gasteiger partial charge in [-0.15, -0.1) is 0 Å². The van der Waals surface area contributed by atoms with Crippen LogP contribution >= 0.6 is 0 Å². The Morgan fingerprint density at radius 2 is 1.07 bits per heavy atom. The van der Waals surface area contributed by atoms with E-state index in [1.807, 2.05) is 0 Å². The molecule has 0 heterocycles. The van der Waals surface area contributed by atoms with E-state index in [1.54, 1.807) is 0 Å². The number of sulfone groups is 1. The molecule has 0 spiro atoms. The molecule has 3 nitrogen and oxygen atoms in total. The van der Waals surface area contributed by atoms with Crippen LogP contribution in [0.5, 0.6) is 0 Å². The number of hydrogen-bond acceptors (Lipinski definition) is 3. The number of carbonyl (C=O) groups excluding carboxylic acids is 1. The highest BCUT2D eigenvalue weighted by molar-refractivity contribution is 7.90. The molecule has 0 amide bonds. The van der Waals surface area contributed by atoms with Gasteiger partial charge in [0.25, 0.3) is 0 Å². The first-order valence-electron chi connectivity index (χ1n) is 11.8. The highest BCUT2D eigenvalue weighted by Gasteiger charge is 2.01. The quantitative estimate of drug-likeness (QED) is 0.147. The predicted octanol–water partition coefficient (Wildman–Crippen LogP) is 7.20. The highest BCUT2D eigenvalue weighted by atomic mass is 32.2. The molecule has 0 atom stereocenters. The summed E-state index contributed by atoms with van der Waals surface area (Å²) in [5.41, 5.74) is 0. The van der Waals surface area contributed by atoms with Gasteiger partial charge in [0.1, 0.15) is 15.6 Å². The number of allylic oxidation sites excluding steroid dienone is 2. The van der Waals surface area contributed by atoms with E-state index in [-0.39, 0.29) is 0 Å². The number of unbranched alkanes of at least 4 members (excludes halogenated alkanes) is 13. The summed E-state index contributed by atoms with van der Waals surface area (Å²) in [4.78, 5) is 11.7. The smallest absolute Gasteiger partial charge is 0.147 e. The van der Waals surface area contributed by atoms with Gasteiger partial charge in [-0.1, -0.05) is 76.9 Å². The summed E-state index contributed by atoms with van der Waals surface area (Å²) in [6, 6.07) is 0. The van der Waals surface area contributed by atoms with Crippen molar-refractivity contribution in [3.8, 4) is 0 Å². The van der Waals surface area contributed by atoms with Crippen molar-refractivity contribution in [3.05, 3.63) is 12.2 Å². The molecular formula is C24H46O3S. The fourth-order valence-electron chi connectivity index (χ4n) is 3.38. The molecule has 0 aliphatic heterocycles. The van der Waals surface area contributed by atoms with Crippen LogP contribution in [0.2, 0.25) is 0 Å². The van der Waals surface area contributed by atoms with Gasteiger partial charge in [-0.25, -0.2) is 8.42 Å². The zero-order valence-electron chi connectivity index (χ0n) is 18.7. The molecule has 0 aromatic carbocycles. The molecule has 0 radical (unpaired) electrons. The van der Waals surface area contributed by atoms with Crippen molar-refractivity contribution >= 4 is 15.6 Å². The Morgan fingerprint density at radius 3 is 1.57 bits per heavy atom. The summed E-state index contributed by atoms with van der Waals surface area (Å²) in [6.07, 6.45) is 26.2. The van der Waals surface area contributed by atoms with Gasteiger partial charge < -0.3 is 0 Å². The first kappa shape index (κ1) is 27.4. The van der Waals surface area contributed by atoms with Crippen LogP contribution in [-0.4, -0.2) is 26.2 Å². The summed E-state index contributed by atoms with van der Waals surface area (Å²) in [5.74, 6) is 0.803. The zero-order chi connectivity index (χ0) is 20.9. The molecule has 166 valence electrons. The number of carbonyl (C=O) groups is 1. The second kappa shape index (κ2) is 19.7. The lowest BCUT2D eigenvalue weighted by Gasteiger charge is -2.01. The number of Topliss-reactive ketones (excluding diaryl/α,β-unsaturated/α-hetero) is 1. The first-order chi connectivity index (χ1) is 13.5. The topological polar surface area (TPSA) is 51.2 Å². The minimum atomic E-state index is -2.77. The number of rotatable bonds is 21. The predicted molar refractivity (Wildman–Crippen MR) is 123 cm³/mol. The Labute approximate surface area is 175 Å². The van der Waals surface area contributed by atoms with E-state index in [4.69, 9.17) is 0 Å². The normalized spacial score (nSPS) is 12.1. The van der Waals surface area contributed by atoms with Crippen molar-refractivity contribution in [1.29, 1.82) is 0 Å². The van der Waals surface area contributed by atoms with E-state index in [9.17, 15) is 13.2 Å². The van der Waals surface area contributed by atoms with Crippen LogP contribution in [-0.2, 0) is 14.6 Å². The van der Waals surface area contributed by atoms with Gasteiger partial charge in [0.05, 0.1) is 0 Å². The van der Waals surface area contributed by atoms with Crippen LogP contribution in [0, 0.1) is 0 Å². The molecule has 0 rings (SSSR count). The SMILES string of the molecule is CCCCCC(=O)CCCCCCCC=CCCCCCCCCS(C)(=O)=O.